The quantitative estimate of drug-likeness (QED) is 0.811. The Hall–Kier alpha value is -2.13. The fourth-order valence-electron chi connectivity index (χ4n) is 2.66. The molecule has 0 aliphatic carbocycles. The van der Waals surface area contributed by atoms with Crippen molar-refractivity contribution in [1.82, 2.24) is 14.5 Å². The van der Waals surface area contributed by atoms with Crippen LogP contribution in [0.25, 0.3) is 0 Å². The second-order valence-electron chi connectivity index (χ2n) is 7.28. The molecule has 150 valence electrons. The van der Waals surface area contributed by atoms with Gasteiger partial charge in [0.05, 0.1) is 4.90 Å². The van der Waals surface area contributed by atoms with Crippen molar-refractivity contribution in [3.05, 3.63) is 30.3 Å². The Balaban J connectivity index is 1.78. The van der Waals surface area contributed by atoms with E-state index in [4.69, 9.17) is 4.74 Å². The van der Waals surface area contributed by atoms with Crippen molar-refractivity contribution >= 4 is 22.0 Å². The molecular formula is C18H27N3O5S. The van der Waals surface area contributed by atoms with Crippen LogP contribution in [0.4, 0.5) is 4.79 Å². The number of nitrogens with zero attached hydrogens (tertiary/aromatic N) is 2. The van der Waals surface area contributed by atoms with E-state index in [0.717, 1.165) is 0 Å². The van der Waals surface area contributed by atoms with E-state index >= 15 is 0 Å². The molecule has 0 unspecified atom stereocenters. The van der Waals surface area contributed by atoms with E-state index in [1.54, 1.807) is 56.0 Å². The van der Waals surface area contributed by atoms with E-state index in [0.29, 0.717) is 13.1 Å². The zero-order chi connectivity index (χ0) is 20.1. The van der Waals surface area contributed by atoms with Crippen molar-refractivity contribution in [1.29, 1.82) is 0 Å². The molecule has 0 atom stereocenters. The third-order valence-corrected chi connectivity index (χ3v) is 5.89. The lowest BCUT2D eigenvalue weighted by molar-refractivity contribution is -0.132. The monoisotopic (exact) mass is 397 g/mol. The van der Waals surface area contributed by atoms with Gasteiger partial charge in [0.25, 0.3) is 0 Å². The fourth-order valence-corrected chi connectivity index (χ4v) is 4.11. The molecule has 8 nitrogen and oxygen atoms in total. The highest BCUT2D eigenvalue weighted by Gasteiger charge is 2.29. The molecule has 0 bridgehead atoms. The predicted octanol–water partition coefficient (Wildman–Crippen LogP) is 1.43. The van der Waals surface area contributed by atoms with Gasteiger partial charge in [-0.2, -0.15) is 4.31 Å². The normalized spacial score (nSPS) is 16.0. The number of rotatable bonds is 5. The Morgan fingerprint density at radius 1 is 1.07 bits per heavy atom. The summed E-state index contributed by atoms with van der Waals surface area (Å²) in [6.07, 6.45) is -0.418. The summed E-state index contributed by atoms with van der Waals surface area (Å²) in [5, 5.41) is 2.55. The number of hydrogen-bond donors (Lipinski definition) is 1. The molecule has 1 aromatic carbocycles. The smallest absolute Gasteiger partial charge is 0.407 e. The van der Waals surface area contributed by atoms with Gasteiger partial charge in [0.2, 0.25) is 15.9 Å². The Morgan fingerprint density at radius 3 is 2.22 bits per heavy atom. The van der Waals surface area contributed by atoms with Crippen LogP contribution in [-0.2, 0) is 19.6 Å². The molecule has 9 heteroatoms. The van der Waals surface area contributed by atoms with Crippen LogP contribution in [0.3, 0.4) is 0 Å². The molecule has 0 radical (unpaired) electrons. The summed E-state index contributed by atoms with van der Waals surface area (Å²) in [4.78, 5) is 25.7. The number of alkyl carbamates (subject to hydrolysis) is 1. The first-order chi connectivity index (χ1) is 12.6. The van der Waals surface area contributed by atoms with Crippen LogP contribution in [0.5, 0.6) is 0 Å². The van der Waals surface area contributed by atoms with E-state index in [1.165, 1.54) is 4.31 Å². The molecule has 2 rings (SSSR count). The zero-order valence-corrected chi connectivity index (χ0v) is 16.8. The predicted molar refractivity (Wildman–Crippen MR) is 101 cm³/mol. The topological polar surface area (TPSA) is 96.0 Å². The summed E-state index contributed by atoms with van der Waals surface area (Å²) in [5.41, 5.74) is -0.589. The lowest BCUT2D eigenvalue weighted by Gasteiger charge is -2.34. The van der Waals surface area contributed by atoms with E-state index in [9.17, 15) is 18.0 Å². The Kier molecular flexibility index (Phi) is 6.83. The van der Waals surface area contributed by atoms with Crippen LogP contribution < -0.4 is 5.32 Å². The molecule has 1 heterocycles. The van der Waals surface area contributed by atoms with Gasteiger partial charge in [-0.15, -0.1) is 0 Å². The molecule has 1 fully saturated rings. The lowest BCUT2D eigenvalue weighted by atomic mass is 10.2. The maximum atomic E-state index is 12.6. The average molecular weight is 397 g/mol. The number of nitrogens with one attached hydrogen (secondary N) is 1. The van der Waals surface area contributed by atoms with Crippen LogP contribution in [0, 0.1) is 0 Å². The van der Waals surface area contributed by atoms with Crippen molar-refractivity contribution in [2.45, 2.75) is 37.7 Å². The summed E-state index contributed by atoms with van der Waals surface area (Å²) < 4.78 is 31.7. The van der Waals surface area contributed by atoms with Crippen LogP contribution in [0.1, 0.15) is 27.2 Å². The molecule has 1 aliphatic rings. The fraction of sp³-hybridized carbons (Fsp3) is 0.556. The SMILES string of the molecule is CC(C)(C)OC(=O)NCCC(=O)N1CCN(S(=O)(=O)c2ccccc2)CC1. The molecule has 1 aromatic rings. The minimum absolute atomic E-state index is 0.122. The third kappa shape index (κ3) is 6.21. The molecule has 0 spiro atoms. The van der Waals surface area contributed by atoms with Crippen molar-refractivity contribution in [3.8, 4) is 0 Å². The van der Waals surface area contributed by atoms with E-state index in [2.05, 4.69) is 5.32 Å². The number of carbonyl (C=O) groups excluding carboxylic acids is 2. The number of benzene rings is 1. The number of ether oxygens (including phenoxy) is 1. The lowest BCUT2D eigenvalue weighted by Crippen LogP contribution is -2.50. The second-order valence-corrected chi connectivity index (χ2v) is 9.21. The molecular weight excluding hydrogens is 370 g/mol. The Bertz CT molecular complexity index is 751. The maximum absolute atomic E-state index is 12.6. The molecule has 0 saturated carbocycles. The first-order valence-electron chi connectivity index (χ1n) is 8.89. The number of hydrogen-bond acceptors (Lipinski definition) is 5. The highest BCUT2D eigenvalue weighted by Crippen LogP contribution is 2.17. The van der Waals surface area contributed by atoms with Gasteiger partial charge in [-0.05, 0) is 32.9 Å². The van der Waals surface area contributed by atoms with Crippen molar-refractivity contribution in [2.75, 3.05) is 32.7 Å². The van der Waals surface area contributed by atoms with Gasteiger partial charge < -0.3 is 15.0 Å². The van der Waals surface area contributed by atoms with Crippen LogP contribution in [0.15, 0.2) is 35.2 Å². The van der Waals surface area contributed by atoms with Gasteiger partial charge >= 0.3 is 6.09 Å². The minimum atomic E-state index is -3.53. The number of sulfonamides is 1. The van der Waals surface area contributed by atoms with Crippen molar-refractivity contribution in [2.24, 2.45) is 0 Å². The van der Waals surface area contributed by atoms with Gasteiger partial charge in [0, 0.05) is 39.1 Å². The van der Waals surface area contributed by atoms with Crippen molar-refractivity contribution < 1.29 is 22.7 Å². The molecule has 1 saturated heterocycles. The number of piperazine rings is 1. The minimum Gasteiger partial charge on any atom is -0.444 e. The maximum Gasteiger partial charge on any atom is 0.407 e. The van der Waals surface area contributed by atoms with Crippen LogP contribution >= 0.6 is 0 Å². The Morgan fingerprint density at radius 2 is 1.67 bits per heavy atom. The van der Waals surface area contributed by atoms with Crippen LogP contribution in [0.2, 0.25) is 0 Å². The summed E-state index contributed by atoms with van der Waals surface area (Å²) in [6.45, 7) is 6.64. The Labute approximate surface area is 160 Å². The van der Waals surface area contributed by atoms with Gasteiger partial charge in [-0.3, -0.25) is 4.79 Å². The first-order valence-corrected chi connectivity index (χ1v) is 10.3. The zero-order valence-electron chi connectivity index (χ0n) is 16.0. The van der Waals surface area contributed by atoms with Gasteiger partial charge in [-0.1, -0.05) is 18.2 Å². The van der Waals surface area contributed by atoms with E-state index in [-0.39, 0.29) is 36.9 Å². The molecule has 27 heavy (non-hydrogen) atoms. The summed E-state index contributed by atoms with van der Waals surface area (Å²) in [7, 11) is -3.53. The largest absolute Gasteiger partial charge is 0.444 e. The summed E-state index contributed by atoms with van der Waals surface area (Å²) in [5.74, 6) is -0.122. The standard InChI is InChI=1S/C18H27N3O5S/c1-18(2,3)26-17(23)19-10-9-16(22)20-11-13-21(14-12-20)27(24,25)15-7-5-4-6-8-15/h4-8H,9-14H2,1-3H3,(H,19,23). The molecule has 1 N–H and O–H groups in total. The van der Waals surface area contributed by atoms with E-state index in [1.807, 2.05) is 0 Å². The van der Waals surface area contributed by atoms with Gasteiger partial charge in [0.15, 0.2) is 0 Å². The highest BCUT2D eigenvalue weighted by atomic mass is 32.2. The van der Waals surface area contributed by atoms with Crippen LogP contribution in [-0.4, -0.2) is 67.9 Å². The van der Waals surface area contributed by atoms with E-state index < -0.39 is 21.7 Å². The number of carbonyl (C=O) groups is 2. The molecule has 1 aliphatic heterocycles. The molecule has 0 aromatic heterocycles. The summed E-state index contributed by atoms with van der Waals surface area (Å²) >= 11 is 0. The van der Waals surface area contributed by atoms with Gasteiger partial charge in [-0.25, -0.2) is 13.2 Å². The molecule has 2 amide bonds. The first kappa shape index (κ1) is 21.2. The van der Waals surface area contributed by atoms with Gasteiger partial charge in [0.1, 0.15) is 5.60 Å². The van der Waals surface area contributed by atoms with Crippen molar-refractivity contribution in [3.63, 3.8) is 0 Å². The highest BCUT2D eigenvalue weighted by molar-refractivity contribution is 7.89. The second kappa shape index (κ2) is 8.71. The summed E-state index contributed by atoms with van der Waals surface area (Å²) in [6, 6.07) is 8.26. The number of amides is 2. The average Bonchev–Trinajstić information content (AvgIpc) is 2.61. The third-order valence-electron chi connectivity index (χ3n) is 3.98.